The van der Waals surface area contributed by atoms with Crippen LogP contribution in [0.3, 0.4) is 0 Å². The van der Waals surface area contributed by atoms with Gasteiger partial charge in [-0.2, -0.15) is 0 Å². The molecule has 0 saturated heterocycles. The summed E-state index contributed by atoms with van der Waals surface area (Å²) in [5.41, 5.74) is -1.31. The van der Waals surface area contributed by atoms with Crippen molar-refractivity contribution >= 4 is 11.9 Å². The molecule has 0 fully saturated rings. The maximum Gasteiger partial charge on any atom is 0 e. The number of ether oxygens (including phenoxy) is 4. The molecule has 0 aliphatic carbocycles. The third kappa shape index (κ3) is 27.9. The molecule has 2 aliphatic heterocycles. The van der Waals surface area contributed by atoms with E-state index in [0.717, 1.165) is 0 Å². The van der Waals surface area contributed by atoms with Crippen molar-refractivity contribution < 1.29 is 90.0 Å². The summed E-state index contributed by atoms with van der Waals surface area (Å²) in [7, 11) is 0. The van der Waals surface area contributed by atoms with Crippen LogP contribution < -0.4 is 0 Å². The number of hydrogen-bond donors (Lipinski definition) is 0. The Kier molecular flexibility index (Phi) is 46.4. The molecule has 238 valence electrons. The second-order valence-corrected chi connectivity index (χ2v) is 9.27. The number of esters is 2. The van der Waals surface area contributed by atoms with Gasteiger partial charge in [0, 0.05) is 40.0 Å². The van der Waals surface area contributed by atoms with Gasteiger partial charge in [0.05, 0.1) is 23.5 Å². The van der Waals surface area contributed by atoms with Crippen molar-refractivity contribution in [2.45, 2.75) is 72.4 Å². The molecule has 4 atom stereocenters. The number of carbonyl (C=O) groups excluding carboxylic acids is 2. The molecule has 0 unspecified atom stereocenters. The molecule has 0 N–H and O–H groups in total. The fourth-order valence-corrected chi connectivity index (χ4v) is 2.49. The Balaban J connectivity index is -0.000000165. The second kappa shape index (κ2) is 35.5. The van der Waals surface area contributed by atoms with E-state index in [2.05, 4.69) is 51.7 Å². The zero-order valence-electron chi connectivity index (χ0n) is 24.3. The Morgan fingerprint density at radius 3 is 1.79 bits per heavy atom. The van der Waals surface area contributed by atoms with Gasteiger partial charge in [-0.15, -0.1) is 0 Å². The van der Waals surface area contributed by atoms with Crippen LogP contribution in [0.4, 0.5) is 0 Å². The van der Waals surface area contributed by atoms with Crippen molar-refractivity contribution in [1.82, 2.24) is 0 Å². The minimum absolute atomic E-state index is 0. The van der Waals surface area contributed by atoms with Crippen molar-refractivity contribution in [2.75, 3.05) is 13.2 Å². The van der Waals surface area contributed by atoms with E-state index >= 15 is 0 Å². The predicted molar refractivity (Wildman–Crippen MR) is 132 cm³/mol. The molecule has 14 heteroatoms. The molecule has 2 radical (unpaired) electrons. The van der Waals surface area contributed by atoms with Crippen molar-refractivity contribution in [1.29, 1.82) is 0 Å². The minimum Gasteiger partial charge on any atom is 0 e. The maximum absolute atomic E-state index is 12.3. The smallest absolute Gasteiger partial charge is 0 e. The van der Waals surface area contributed by atoms with E-state index in [4.69, 9.17) is 46.9 Å². The molecule has 0 aromatic rings. The first-order valence-electron chi connectivity index (χ1n) is 11.2. The van der Waals surface area contributed by atoms with Crippen LogP contribution in [0.1, 0.15) is 48.0 Å². The largest absolute Gasteiger partial charge is 0 e. The van der Waals surface area contributed by atoms with Gasteiger partial charge in [0.15, 0.2) is 6.10 Å². The molecule has 0 amide bonds. The molecular formula is C29H32Co2O12. The SMILES string of the molecule is CC(C)(C)C(=O)OC[C@@H](/C=C/[C@@H]1C#CC[C@H]2OCC=C[C@@H]2O1)OC(=O)C(C)(C)C.[C-]#[O+].[C-]#[O+].[C-]#[O+].[C-]#[O+].[C-]#[O+].[C-]#[O+].[Co].[Co]. The second-order valence-electron chi connectivity index (χ2n) is 9.27. The number of rotatable bonds is 5. The van der Waals surface area contributed by atoms with E-state index in [1.54, 1.807) is 53.7 Å². The quantitative estimate of drug-likeness (QED) is 0.140. The van der Waals surface area contributed by atoms with Crippen LogP contribution in [0.5, 0.6) is 0 Å². The summed E-state index contributed by atoms with van der Waals surface area (Å²) < 4.78 is 67.6. The maximum atomic E-state index is 12.3. The molecule has 0 saturated carbocycles. The van der Waals surface area contributed by atoms with Crippen molar-refractivity contribution in [3.05, 3.63) is 64.2 Å². The normalized spacial score (nSPS) is 17.4. The van der Waals surface area contributed by atoms with E-state index in [-0.39, 0.29) is 64.3 Å². The third-order valence-corrected chi connectivity index (χ3v) is 4.31. The summed E-state index contributed by atoms with van der Waals surface area (Å²) >= 11 is 0. The molecule has 0 bridgehead atoms. The first kappa shape index (κ1) is 56.2. The Morgan fingerprint density at radius 2 is 1.35 bits per heavy atom. The van der Waals surface area contributed by atoms with Crippen LogP contribution in [0, 0.1) is 62.6 Å². The molecule has 2 aliphatic rings. The summed E-state index contributed by atoms with van der Waals surface area (Å²) in [6.45, 7) is 38.1. The van der Waals surface area contributed by atoms with E-state index in [1.807, 2.05) is 12.2 Å². The molecular weight excluding hydrogens is 658 g/mol. The fraction of sp³-hybridized carbons (Fsp3) is 0.517. The molecule has 2 rings (SSSR count). The van der Waals surface area contributed by atoms with Gasteiger partial charge in [-0.25, -0.2) is 0 Å². The van der Waals surface area contributed by atoms with Gasteiger partial charge in [-0.3, -0.25) is 9.59 Å². The summed E-state index contributed by atoms with van der Waals surface area (Å²) in [5, 5.41) is 0. The number of hydrogen-bond acceptors (Lipinski definition) is 6. The molecule has 2 heterocycles. The predicted octanol–water partition coefficient (Wildman–Crippen LogP) is 2.98. The van der Waals surface area contributed by atoms with Crippen molar-refractivity contribution in [3.8, 4) is 11.8 Å². The van der Waals surface area contributed by atoms with Crippen molar-refractivity contribution in [3.63, 3.8) is 0 Å². The van der Waals surface area contributed by atoms with Gasteiger partial charge < -0.3 is 18.9 Å². The van der Waals surface area contributed by atoms with Crippen molar-refractivity contribution in [2.24, 2.45) is 10.8 Å². The number of fused-ring (bicyclic) bond motifs is 1. The molecule has 0 aromatic carbocycles. The average molecular weight is 690 g/mol. The van der Waals surface area contributed by atoms with Crippen LogP contribution in [0.2, 0.25) is 0 Å². The Bertz CT molecular complexity index is 935. The zero-order chi connectivity index (χ0) is 33.7. The Labute approximate surface area is 273 Å². The topological polar surface area (TPSA) is 190 Å². The van der Waals surface area contributed by atoms with E-state index < -0.39 is 23.0 Å². The van der Waals surface area contributed by atoms with E-state index in [1.165, 1.54) is 0 Å². The molecule has 0 aromatic heterocycles. The van der Waals surface area contributed by atoms with Gasteiger partial charge >= 0.3 is 79.8 Å². The summed E-state index contributed by atoms with van der Waals surface area (Å²) in [6.07, 6.45) is 6.46. The van der Waals surface area contributed by atoms with Gasteiger partial charge in [-0.1, -0.05) is 24.0 Å². The van der Waals surface area contributed by atoms with E-state index in [0.29, 0.717) is 13.0 Å². The molecule has 0 spiro atoms. The van der Waals surface area contributed by atoms with Crippen LogP contribution in [-0.4, -0.2) is 49.6 Å². The molecule has 12 nitrogen and oxygen atoms in total. The van der Waals surface area contributed by atoms with E-state index in [9.17, 15) is 9.59 Å². The van der Waals surface area contributed by atoms with Gasteiger partial charge in [0.25, 0.3) is 0 Å². The zero-order valence-corrected chi connectivity index (χ0v) is 26.4. The first-order valence-corrected chi connectivity index (χ1v) is 11.2. The third-order valence-electron chi connectivity index (χ3n) is 4.31. The average Bonchev–Trinajstić information content (AvgIpc) is 3.21. The fourth-order valence-electron chi connectivity index (χ4n) is 2.49. The first-order chi connectivity index (χ1) is 19.5. The standard InChI is InChI=1S/C23H32O6.6CO.2Co/c1-22(2,3)20(24)27-15-17(29-21(25)23(4,5)6)13-12-16-9-7-10-18-19(28-16)11-8-14-26-18;6*1-2;;/h8,11-13,16-19H,10,14-15H2,1-6H3;;;;;;;;/b13-12+;;;;;;;;/t16-,17+,18+,19-;;;;;;;;/m0......../s1. The minimum atomic E-state index is -0.726. The van der Waals surface area contributed by atoms with Crippen LogP contribution in [0.25, 0.3) is 0 Å². The van der Waals surface area contributed by atoms with Crippen LogP contribution in [0.15, 0.2) is 24.3 Å². The summed E-state index contributed by atoms with van der Waals surface area (Å²) in [5.74, 6) is 5.38. The Morgan fingerprint density at radius 1 is 0.884 bits per heavy atom. The van der Waals surface area contributed by atoms with Gasteiger partial charge in [-0.05, 0) is 53.7 Å². The number of carbonyl (C=O) groups is 2. The molecule has 43 heavy (non-hydrogen) atoms. The van der Waals surface area contributed by atoms with Gasteiger partial charge in [0.2, 0.25) is 0 Å². The van der Waals surface area contributed by atoms with Crippen LogP contribution >= 0.6 is 0 Å². The summed E-state index contributed by atoms with van der Waals surface area (Å²) in [6, 6.07) is 0. The van der Waals surface area contributed by atoms with Gasteiger partial charge in [0.1, 0.15) is 18.8 Å². The Hall–Kier alpha value is -2.65. The van der Waals surface area contributed by atoms with Crippen LogP contribution in [-0.2, 0) is 90.0 Å². The monoisotopic (exact) mass is 690 g/mol. The summed E-state index contributed by atoms with van der Waals surface area (Å²) in [4.78, 5) is 24.4.